The number of rotatable bonds is 3. The van der Waals surface area contributed by atoms with Crippen molar-refractivity contribution < 1.29 is 9.59 Å². The normalized spacial score (nSPS) is 20.5. The topological polar surface area (TPSA) is 73.5 Å². The molecule has 2 aliphatic heterocycles. The molecule has 0 saturated carbocycles. The van der Waals surface area contributed by atoms with Gasteiger partial charge in [0.2, 0.25) is 5.91 Å². The minimum absolute atomic E-state index is 0.150. The summed E-state index contributed by atoms with van der Waals surface area (Å²) in [5, 5.41) is 8.03. The highest BCUT2D eigenvalue weighted by molar-refractivity contribution is 5.90. The van der Waals surface area contributed by atoms with Crippen molar-refractivity contribution in [2.45, 2.75) is 25.4 Å². The van der Waals surface area contributed by atoms with Gasteiger partial charge in [-0.15, -0.1) is 0 Å². The third-order valence-electron chi connectivity index (χ3n) is 4.05. The highest BCUT2D eigenvalue weighted by Gasteiger charge is 2.26. The van der Waals surface area contributed by atoms with E-state index in [1.54, 1.807) is 0 Å². The second-order valence-electron chi connectivity index (χ2n) is 5.61. The number of aryl methyl sites for hydroxylation is 1. The van der Waals surface area contributed by atoms with Crippen LogP contribution in [0.3, 0.4) is 0 Å². The largest absolute Gasteiger partial charge is 0.374 e. The summed E-state index contributed by atoms with van der Waals surface area (Å²) in [5.41, 5.74) is 3.71. The lowest BCUT2D eigenvalue weighted by atomic mass is 9.99. The van der Waals surface area contributed by atoms with Gasteiger partial charge in [-0.3, -0.25) is 4.79 Å². The van der Waals surface area contributed by atoms with Gasteiger partial charge < -0.3 is 20.9 Å². The van der Waals surface area contributed by atoms with E-state index in [9.17, 15) is 9.59 Å². The Bertz CT molecular complexity index is 573. The fraction of sp³-hybridized carbons (Fsp3) is 0.467. The molecule has 0 radical (unpaired) electrons. The molecule has 21 heavy (non-hydrogen) atoms. The Morgan fingerprint density at radius 2 is 2.33 bits per heavy atom. The molecule has 3 rings (SSSR count). The van der Waals surface area contributed by atoms with E-state index in [-0.39, 0.29) is 11.9 Å². The zero-order valence-corrected chi connectivity index (χ0v) is 12.1. The standard InChI is InChI=1S/C15H20N4O2/c1-19-6-2-3-11-7-10(4-5-13(11)19)8-16-14(20)12-9-17-15(21)18-12/h4-5,7,12H,2-3,6,8-9H2,1H3,(H,16,20)(H2,17,18,21)/t12-/m0/s1. The monoisotopic (exact) mass is 288 g/mol. The molecule has 0 aromatic heterocycles. The number of anilines is 1. The number of hydrogen-bond acceptors (Lipinski definition) is 3. The van der Waals surface area contributed by atoms with E-state index in [4.69, 9.17) is 0 Å². The molecule has 112 valence electrons. The van der Waals surface area contributed by atoms with Gasteiger partial charge in [-0.2, -0.15) is 0 Å². The molecular formula is C15H20N4O2. The first-order chi connectivity index (χ1) is 10.1. The van der Waals surface area contributed by atoms with Gasteiger partial charge in [0.15, 0.2) is 0 Å². The maximum atomic E-state index is 11.9. The highest BCUT2D eigenvalue weighted by Crippen LogP contribution is 2.26. The van der Waals surface area contributed by atoms with Crippen LogP contribution in [0.2, 0.25) is 0 Å². The molecule has 1 fully saturated rings. The van der Waals surface area contributed by atoms with E-state index < -0.39 is 6.04 Å². The molecule has 2 aliphatic rings. The fourth-order valence-electron chi connectivity index (χ4n) is 2.87. The van der Waals surface area contributed by atoms with Gasteiger partial charge >= 0.3 is 6.03 Å². The van der Waals surface area contributed by atoms with Crippen molar-refractivity contribution in [1.29, 1.82) is 0 Å². The summed E-state index contributed by atoms with van der Waals surface area (Å²) in [5.74, 6) is -0.150. The molecule has 1 aromatic carbocycles. The number of urea groups is 1. The zero-order chi connectivity index (χ0) is 14.8. The maximum Gasteiger partial charge on any atom is 0.315 e. The molecule has 0 unspecified atom stereocenters. The molecule has 3 N–H and O–H groups in total. The van der Waals surface area contributed by atoms with Crippen LogP contribution in [-0.4, -0.2) is 38.1 Å². The van der Waals surface area contributed by atoms with Crippen molar-refractivity contribution in [3.8, 4) is 0 Å². The van der Waals surface area contributed by atoms with Crippen LogP contribution < -0.4 is 20.9 Å². The number of amides is 3. The van der Waals surface area contributed by atoms with Crippen LogP contribution in [0, 0.1) is 0 Å². The van der Waals surface area contributed by atoms with Crippen LogP contribution in [0.4, 0.5) is 10.5 Å². The third kappa shape index (κ3) is 2.94. The number of carbonyl (C=O) groups excluding carboxylic acids is 2. The molecule has 3 amide bonds. The van der Waals surface area contributed by atoms with Crippen LogP contribution in [0.15, 0.2) is 18.2 Å². The Kier molecular flexibility index (Phi) is 3.68. The van der Waals surface area contributed by atoms with E-state index in [2.05, 4.69) is 40.0 Å². The summed E-state index contributed by atoms with van der Waals surface area (Å²) >= 11 is 0. The number of nitrogens with zero attached hydrogens (tertiary/aromatic N) is 1. The minimum Gasteiger partial charge on any atom is -0.374 e. The number of fused-ring (bicyclic) bond motifs is 1. The SMILES string of the molecule is CN1CCCc2cc(CNC(=O)[C@@H]3CNC(=O)N3)ccc21. The van der Waals surface area contributed by atoms with Gasteiger partial charge in [-0.1, -0.05) is 12.1 Å². The molecular weight excluding hydrogens is 268 g/mol. The molecule has 1 aromatic rings. The summed E-state index contributed by atoms with van der Waals surface area (Å²) in [6, 6.07) is 5.58. The lowest BCUT2D eigenvalue weighted by molar-refractivity contribution is -0.122. The van der Waals surface area contributed by atoms with E-state index in [1.165, 1.54) is 17.7 Å². The number of hydrogen-bond donors (Lipinski definition) is 3. The fourth-order valence-corrected chi connectivity index (χ4v) is 2.87. The van der Waals surface area contributed by atoms with Crippen LogP contribution in [0.1, 0.15) is 17.5 Å². The molecule has 1 saturated heterocycles. The Hall–Kier alpha value is -2.24. The molecule has 2 heterocycles. The first-order valence-electron chi connectivity index (χ1n) is 7.28. The maximum absolute atomic E-state index is 11.9. The lowest BCUT2D eigenvalue weighted by Crippen LogP contribution is -2.42. The van der Waals surface area contributed by atoms with Crippen molar-refractivity contribution in [1.82, 2.24) is 16.0 Å². The van der Waals surface area contributed by atoms with Gasteiger partial charge in [0, 0.05) is 32.4 Å². The Morgan fingerprint density at radius 3 is 3.10 bits per heavy atom. The van der Waals surface area contributed by atoms with Gasteiger partial charge in [-0.25, -0.2) is 4.79 Å². The quantitative estimate of drug-likeness (QED) is 0.752. The lowest BCUT2D eigenvalue weighted by Gasteiger charge is -2.27. The van der Waals surface area contributed by atoms with Gasteiger partial charge in [0.05, 0.1) is 0 Å². The average molecular weight is 288 g/mol. The number of carbonyl (C=O) groups is 2. The summed E-state index contributed by atoms with van der Waals surface area (Å²) in [6.45, 7) is 1.93. The van der Waals surface area contributed by atoms with Crippen LogP contribution in [0.25, 0.3) is 0 Å². The Balaban J connectivity index is 1.61. The predicted molar refractivity (Wildman–Crippen MR) is 80.2 cm³/mol. The van der Waals surface area contributed by atoms with Crippen LogP contribution in [-0.2, 0) is 17.8 Å². The predicted octanol–water partition coefficient (Wildman–Crippen LogP) is 0.367. The van der Waals surface area contributed by atoms with E-state index >= 15 is 0 Å². The third-order valence-corrected chi connectivity index (χ3v) is 4.05. The van der Waals surface area contributed by atoms with E-state index in [0.717, 1.165) is 18.5 Å². The second kappa shape index (κ2) is 5.63. The van der Waals surface area contributed by atoms with E-state index in [1.807, 2.05) is 6.07 Å². The molecule has 6 nitrogen and oxygen atoms in total. The van der Waals surface area contributed by atoms with Gasteiger partial charge in [0.1, 0.15) is 6.04 Å². The van der Waals surface area contributed by atoms with Crippen molar-refractivity contribution in [3.05, 3.63) is 29.3 Å². The molecule has 0 aliphatic carbocycles. The summed E-state index contributed by atoms with van der Waals surface area (Å²) in [4.78, 5) is 25.2. The number of benzene rings is 1. The average Bonchev–Trinajstić information content (AvgIpc) is 2.91. The highest BCUT2D eigenvalue weighted by atomic mass is 16.2. The number of nitrogens with one attached hydrogen (secondary N) is 3. The first kappa shape index (κ1) is 13.7. The van der Waals surface area contributed by atoms with Crippen molar-refractivity contribution in [2.75, 3.05) is 25.0 Å². The summed E-state index contributed by atoms with van der Waals surface area (Å²) in [7, 11) is 2.11. The second-order valence-corrected chi connectivity index (χ2v) is 5.61. The van der Waals surface area contributed by atoms with E-state index in [0.29, 0.717) is 13.1 Å². The van der Waals surface area contributed by atoms with Crippen LogP contribution >= 0.6 is 0 Å². The van der Waals surface area contributed by atoms with Crippen LogP contribution in [0.5, 0.6) is 0 Å². The zero-order valence-electron chi connectivity index (χ0n) is 12.1. The summed E-state index contributed by atoms with van der Waals surface area (Å²) in [6.07, 6.45) is 2.25. The van der Waals surface area contributed by atoms with Crippen molar-refractivity contribution in [2.24, 2.45) is 0 Å². The Morgan fingerprint density at radius 1 is 1.48 bits per heavy atom. The summed E-state index contributed by atoms with van der Waals surface area (Å²) < 4.78 is 0. The minimum atomic E-state index is -0.471. The van der Waals surface area contributed by atoms with Gasteiger partial charge in [-0.05, 0) is 30.0 Å². The first-order valence-corrected chi connectivity index (χ1v) is 7.28. The van der Waals surface area contributed by atoms with Gasteiger partial charge in [0.25, 0.3) is 0 Å². The molecule has 1 atom stereocenters. The van der Waals surface area contributed by atoms with Crippen molar-refractivity contribution >= 4 is 17.6 Å². The smallest absolute Gasteiger partial charge is 0.315 e. The molecule has 6 heteroatoms. The van der Waals surface area contributed by atoms with Crippen molar-refractivity contribution in [3.63, 3.8) is 0 Å². The molecule has 0 spiro atoms. The Labute approximate surface area is 123 Å². The molecule has 0 bridgehead atoms.